The van der Waals surface area contributed by atoms with Crippen molar-refractivity contribution in [3.8, 4) is 11.9 Å². The third-order valence-electron chi connectivity index (χ3n) is 4.72. The quantitative estimate of drug-likeness (QED) is 0.346. The summed E-state index contributed by atoms with van der Waals surface area (Å²) in [5, 5.41) is 15.6. The Labute approximate surface area is 164 Å². The van der Waals surface area contributed by atoms with Crippen molar-refractivity contribution >= 4 is 28.3 Å². The summed E-state index contributed by atoms with van der Waals surface area (Å²) in [5.74, 6) is 0.920. The minimum absolute atomic E-state index is 0.433. The van der Waals surface area contributed by atoms with Gasteiger partial charge in [-0.1, -0.05) is 36.0 Å². The Balaban J connectivity index is 1.64. The van der Waals surface area contributed by atoms with Crippen molar-refractivity contribution in [3.63, 3.8) is 0 Å². The molecule has 2 aromatic rings. The van der Waals surface area contributed by atoms with Gasteiger partial charge in [0.1, 0.15) is 5.75 Å². The molecule has 2 aromatic carbocycles. The van der Waals surface area contributed by atoms with Gasteiger partial charge in [-0.05, 0) is 61.3 Å². The molecule has 0 fully saturated rings. The Kier molecular flexibility index (Phi) is 6.61. The second-order valence-corrected chi connectivity index (χ2v) is 7.24. The number of thioether (sulfide) groups is 1. The first-order chi connectivity index (χ1) is 13.2. The lowest BCUT2D eigenvalue weighted by atomic mass is 9.93. The minimum Gasteiger partial charge on any atom is -0.495 e. The number of fused-ring (bicyclic) bond motifs is 1. The van der Waals surface area contributed by atoms with Gasteiger partial charge in [-0.25, -0.2) is 4.99 Å². The molecule has 27 heavy (non-hydrogen) atoms. The van der Waals surface area contributed by atoms with Gasteiger partial charge in [0.25, 0.3) is 0 Å². The Morgan fingerprint density at radius 3 is 3.00 bits per heavy atom. The van der Waals surface area contributed by atoms with Gasteiger partial charge in [0, 0.05) is 6.04 Å². The highest BCUT2D eigenvalue weighted by molar-refractivity contribution is 8.13. The van der Waals surface area contributed by atoms with E-state index < -0.39 is 0 Å². The average molecular weight is 381 g/mol. The molecular formula is C21H24N4OS. The van der Waals surface area contributed by atoms with Crippen LogP contribution < -0.4 is 15.4 Å². The van der Waals surface area contributed by atoms with E-state index in [2.05, 4.69) is 39.9 Å². The van der Waals surface area contributed by atoms with Crippen LogP contribution in [0.1, 0.15) is 24.0 Å². The van der Waals surface area contributed by atoms with Crippen LogP contribution in [0.2, 0.25) is 0 Å². The number of aryl methyl sites for hydroxylation is 2. The molecule has 1 aliphatic rings. The maximum atomic E-state index is 8.76. The van der Waals surface area contributed by atoms with E-state index in [0.717, 1.165) is 42.8 Å². The maximum Gasteiger partial charge on any atom is 0.183 e. The minimum atomic E-state index is 0.433. The highest BCUT2D eigenvalue weighted by Crippen LogP contribution is 2.34. The number of benzene rings is 2. The second kappa shape index (κ2) is 9.33. The van der Waals surface area contributed by atoms with Crippen LogP contribution in [0.15, 0.2) is 47.5 Å². The second-order valence-electron chi connectivity index (χ2n) is 6.44. The third-order valence-corrected chi connectivity index (χ3v) is 5.30. The van der Waals surface area contributed by atoms with E-state index in [0.29, 0.717) is 11.2 Å². The fraction of sp³-hybridized carbons (Fsp3) is 0.333. The Hall–Kier alpha value is -2.65. The molecule has 6 heteroatoms. The summed E-state index contributed by atoms with van der Waals surface area (Å²) in [6, 6.07) is 14.9. The van der Waals surface area contributed by atoms with Gasteiger partial charge < -0.3 is 10.1 Å². The van der Waals surface area contributed by atoms with Crippen LogP contribution in [-0.4, -0.2) is 24.6 Å². The fourth-order valence-electron chi connectivity index (χ4n) is 3.35. The summed E-state index contributed by atoms with van der Waals surface area (Å²) in [6.45, 7) is 0. The molecule has 1 aliphatic heterocycles. The van der Waals surface area contributed by atoms with E-state index >= 15 is 0 Å². The molecule has 2 N–H and O–H groups in total. The van der Waals surface area contributed by atoms with Gasteiger partial charge in [-0.15, -0.1) is 0 Å². The van der Waals surface area contributed by atoms with E-state index in [-0.39, 0.29) is 0 Å². The summed E-state index contributed by atoms with van der Waals surface area (Å²) in [6.07, 6.45) is 8.05. The molecule has 0 bridgehead atoms. The van der Waals surface area contributed by atoms with Gasteiger partial charge in [-0.2, -0.15) is 5.26 Å². The van der Waals surface area contributed by atoms with Crippen LogP contribution >= 0.6 is 11.8 Å². The van der Waals surface area contributed by atoms with Gasteiger partial charge in [0.15, 0.2) is 11.4 Å². The standard InChI is InChI=1S/C21H24N4OS/c1-26-19-8-4-6-16-10-12-17(24-20(16)19)11-9-15-5-3-7-18(13-15)25-21(27-2)23-14-22/h3-8,13,17,24H,9-12H2,1-2H3,(H,23,25). The topological polar surface area (TPSA) is 69.4 Å². The van der Waals surface area contributed by atoms with E-state index in [1.165, 1.54) is 22.9 Å². The SMILES string of the molecule is COc1cccc2c1NC(CCc1cccc(N=C(NC#N)SC)c1)CC2. The van der Waals surface area contributed by atoms with E-state index in [1.54, 1.807) is 7.11 Å². The van der Waals surface area contributed by atoms with Crippen LogP contribution in [-0.2, 0) is 12.8 Å². The lowest BCUT2D eigenvalue weighted by Crippen LogP contribution is -2.26. The molecule has 0 radical (unpaired) electrons. The molecule has 1 atom stereocenters. The summed E-state index contributed by atoms with van der Waals surface area (Å²) >= 11 is 1.42. The molecule has 0 saturated carbocycles. The predicted octanol–water partition coefficient (Wildman–Crippen LogP) is 4.48. The number of hydrogen-bond donors (Lipinski definition) is 2. The summed E-state index contributed by atoms with van der Waals surface area (Å²) in [7, 11) is 1.72. The molecule has 140 valence electrons. The Morgan fingerprint density at radius 2 is 2.22 bits per heavy atom. The Bertz CT molecular complexity index is 845. The Morgan fingerprint density at radius 1 is 1.37 bits per heavy atom. The van der Waals surface area contributed by atoms with Gasteiger partial charge in [0.05, 0.1) is 18.5 Å². The van der Waals surface area contributed by atoms with Crippen LogP contribution in [0.5, 0.6) is 5.75 Å². The number of anilines is 1. The maximum absolute atomic E-state index is 8.76. The fourth-order valence-corrected chi connectivity index (χ4v) is 3.70. The number of nitriles is 1. The number of para-hydroxylation sites is 1. The van der Waals surface area contributed by atoms with E-state index in [4.69, 9.17) is 10.00 Å². The van der Waals surface area contributed by atoms with Gasteiger partial charge >= 0.3 is 0 Å². The van der Waals surface area contributed by atoms with Crippen molar-refractivity contribution in [2.75, 3.05) is 18.7 Å². The molecule has 1 heterocycles. The smallest absolute Gasteiger partial charge is 0.183 e. The molecule has 3 rings (SSSR count). The van der Waals surface area contributed by atoms with Crippen molar-refractivity contribution < 1.29 is 4.74 Å². The number of aliphatic imine (C=N–C) groups is 1. The number of nitrogens with zero attached hydrogens (tertiary/aromatic N) is 2. The van der Waals surface area contributed by atoms with E-state index in [9.17, 15) is 0 Å². The first-order valence-corrected chi connectivity index (χ1v) is 10.2. The molecule has 0 aliphatic carbocycles. The predicted molar refractivity (Wildman–Crippen MR) is 113 cm³/mol. The van der Waals surface area contributed by atoms with E-state index in [1.807, 2.05) is 30.6 Å². The first kappa shape index (κ1) is 19.1. The van der Waals surface area contributed by atoms with Crippen LogP contribution in [0.3, 0.4) is 0 Å². The number of amidine groups is 1. The van der Waals surface area contributed by atoms with Crippen molar-refractivity contribution in [2.24, 2.45) is 4.99 Å². The van der Waals surface area contributed by atoms with Crippen LogP contribution in [0.4, 0.5) is 11.4 Å². The number of hydrogen-bond acceptors (Lipinski definition) is 5. The molecule has 0 aromatic heterocycles. The number of ether oxygens (including phenoxy) is 1. The lowest BCUT2D eigenvalue weighted by Gasteiger charge is -2.28. The molecule has 1 unspecified atom stereocenters. The summed E-state index contributed by atoms with van der Waals surface area (Å²) < 4.78 is 5.50. The van der Waals surface area contributed by atoms with Crippen LogP contribution in [0.25, 0.3) is 0 Å². The molecule has 0 saturated heterocycles. The highest BCUT2D eigenvalue weighted by Gasteiger charge is 2.20. The highest BCUT2D eigenvalue weighted by atomic mass is 32.2. The van der Waals surface area contributed by atoms with Crippen molar-refractivity contribution in [2.45, 2.75) is 31.7 Å². The molecule has 0 amide bonds. The normalized spacial score (nSPS) is 16.0. The number of rotatable bonds is 5. The van der Waals surface area contributed by atoms with Crippen molar-refractivity contribution in [3.05, 3.63) is 53.6 Å². The number of nitrogens with one attached hydrogen (secondary N) is 2. The third kappa shape index (κ3) is 4.95. The summed E-state index contributed by atoms with van der Waals surface area (Å²) in [4.78, 5) is 4.49. The van der Waals surface area contributed by atoms with Gasteiger partial charge in [-0.3, -0.25) is 5.32 Å². The van der Waals surface area contributed by atoms with Crippen molar-refractivity contribution in [1.29, 1.82) is 5.26 Å². The number of methoxy groups -OCH3 is 1. The van der Waals surface area contributed by atoms with Crippen molar-refractivity contribution in [1.82, 2.24) is 5.32 Å². The zero-order valence-corrected chi connectivity index (χ0v) is 16.5. The van der Waals surface area contributed by atoms with Gasteiger partial charge in [0.2, 0.25) is 0 Å². The first-order valence-electron chi connectivity index (χ1n) is 9.02. The largest absolute Gasteiger partial charge is 0.495 e. The monoisotopic (exact) mass is 380 g/mol. The zero-order chi connectivity index (χ0) is 19.1. The average Bonchev–Trinajstić information content (AvgIpc) is 2.71. The van der Waals surface area contributed by atoms with Crippen LogP contribution in [0, 0.1) is 11.5 Å². The molecule has 0 spiro atoms. The molecule has 5 nitrogen and oxygen atoms in total. The molecular weight excluding hydrogens is 356 g/mol. The lowest BCUT2D eigenvalue weighted by molar-refractivity contribution is 0.413. The zero-order valence-electron chi connectivity index (χ0n) is 15.7. The summed E-state index contributed by atoms with van der Waals surface area (Å²) in [5.41, 5.74) is 4.59.